The maximum absolute atomic E-state index is 12.5. The zero-order valence-corrected chi connectivity index (χ0v) is 12.4. The third-order valence-corrected chi connectivity index (χ3v) is 3.72. The fraction of sp³-hybridized carbons (Fsp3) is 0.333. The summed E-state index contributed by atoms with van der Waals surface area (Å²) in [4.78, 5) is 24.5. The van der Waals surface area contributed by atoms with Crippen LogP contribution in [0.15, 0.2) is 23.1 Å². The minimum absolute atomic E-state index is 0.00921. The summed E-state index contributed by atoms with van der Waals surface area (Å²) in [5.74, 6) is -0.0588. The van der Waals surface area contributed by atoms with Gasteiger partial charge >= 0.3 is 5.97 Å². The summed E-state index contributed by atoms with van der Waals surface area (Å²) < 4.78 is 12.5. The predicted molar refractivity (Wildman–Crippen MR) is 79.4 cm³/mol. The number of ether oxygens (including phenoxy) is 2. The molecule has 1 aliphatic heterocycles. The van der Waals surface area contributed by atoms with E-state index >= 15 is 0 Å². The van der Waals surface area contributed by atoms with Gasteiger partial charge in [0.25, 0.3) is 0 Å². The average Bonchev–Trinajstić information content (AvgIpc) is 2.45. The molecule has 2 aromatic rings. The molecule has 21 heavy (non-hydrogen) atoms. The first-order valence-electron chi connectivity index (χ1n) is 6.71. The fourth-order valence-corrected chi connectivity index (χ4v) is 2.73. The summed E-state index contributed by atoms with van der Waals surface area (Å²) in [5.41, 5.74) is 0.295. The molecule has 0 spiro atoms. The molecule has 1 aromatic heterocycles. The third-order valence-electron chi connectivity index (χ3n) is 3.51. The zero-order chi connectivity index (χ0) is 15.1. The molecule has 1 aromatic carbocycles. The predicted octanol–water partition coefficient (Wildman–Crippen LogP) is 2.79. The Bertz CT molecular complexity index is 796. The summed E-state index contributed by atoms with van der Waals surface area (Å²) in [6.07, 6.45) is 1.55. The van der Waals surface area contributed by atoms with Crippen molar-refractivity contribution >= 4 is 28.5 Å². The Morgan fingerprint density at radius 3 is 3.00 bits per heavy atom. The summed E-state index contributed by atoms with van der Waals surface area (Å²) >= 11 is 6.04. The number of carbonyl (C=O) groups is 1. The number of carbonyl (C=O) groups excluding carboxylic acids is 1. The van der Waals surface area contributed by atoms with Crippen LogP contribution in [0.3, 0.4) is 0 Å². The number of pyridine rings is 1. The fourth-order valence-electron chi connectivity index (χ4n) is 2.52. The molecule has 0 N–H and O–H groups in total. The number of nitrogens with zero attached hydrogens (tertiary/aromatic N) is 1. The van der Waals surface area contributed by atoms with Crippen molar-refractivity contribution in [2.75, 3.05) is 13.2 Å². The quantitative estimate of drug-likeness (QED) is 0.801. The Morgan fingerprint density at radius 1 is 1.52 bits per heavy atom. The standard InChI is InChI=1S/C15H14ClNO4/c1-3-20-15(19)11-6-17-8(2)7-21-12-5-9(16)4-10(13(12)17)14(11)18/h4-6,8H,3,7H2,1-2H3. The Balaban J connectivity index is 2.38. The molecular weight excluding hydrogens is 294 g/mol. The molecule has 0 bridgehead atoms. The van der Waals surface area contributed by atoms with Crippen LogP contribution >= 0.6 is 11.6 Å². The van der Waals surface area contributed by atoms with Gasteiger partial charge in [-0.2, -0.15) is 0 Å². The average molecular weight is 308 g/mol. The van der Waals surface area contributed by atoms with Crippen LogP contribution in [0.5, 0.6) is 5.75 Å². The van der Waals surface area contributed by atoms with Crippen LogP contribution in [0, 0.1) is 0 Å². The van der Waals surface area contributed by atoms with Gasteiger partial charge in [-0.05, 0) is 19.9 Å². The minimum Gasteiger partial charge on any atom is -0.489 e. The maximum atomic E-state index is 12.5. The van der Waals surface area contributed by atoms with Gasteiger partial charge in [0.2, 0.25) is 5.43 Å². The van der Waals surface area contributed by atoms with Crippen LogP contribution in [0.4, 0.5) is 0 Å². The summed E-state index contributed by atoms with van der Waals surface area (Å²) in [6, 6.07) is 3.24. The molecule has 5 nitrogen and oxygen atoms in total. The van der Waals surface area contributed by atoms with Crippen LogP contribution < -0.4 is 10.2 Å². The molecule has 2 heterocycles. The molecule has 0 saturated carbocycles. The van der Waals surface area contributed by atoms with Crippen molar-refractivity contribution < 1.29 is 14.3 Å². The monoisotopic (exact) mass is 307 g/mol. The Labute approximate surface area is 126 Å². The van der Waals surface area contributed by atoms with Crippen molar-refractivity contribution in [2.24, 2.45) is 0 Å². The first-order valence-corrected chi connectivity index (χ1v) is 7.09. The summed E-state index contributed by atoms with van der Waals surface area (Å²) in [7, 11) is 0. The Morgan fingerprint density at radius 2 is 2.29 bits per heavy atom. The molecule has 3 rings (SSSR count). The second-order valence-corrected chi connectivity index (χ2v) is 5.40. The highest BCUT2D eigenvalue weighted by Gasteiger charge is 2.24. The van der Waals surface area contributed by atoms with E-state index in [-0.39, 0.29) is 23.6 Å². The van der Waals surface area contributed by atoms with Gasteiger partial charge in [0, 0.05) is 17.3 Å². The van der Waals surface area contributed by atoms with Crippen molar-refractivity contribution in [3.8, 4) is 5.75 Å². The van der Waals surface area contributed by atoms with Crippen molar-refractivity contribution in [2.45, 2.75) is 19.9 Å². The number of rotatable bonds is 2. The molecule has 0 aliphatic carbocycles. The van der Waals surface area contributed by atoms with Gasteiger partial charge < -0.3 is 14.0 Å². The topological polar surface area (TPSA) is 57.5 Å². The highest BCUT2D eigenvalue weighted by Crippen LogP contribution is 2.34. The van der Waals surface area contributed by atoms with E-state index in [1.54, 1.807) is 25.3 Å². The molecule has 0 radical (unpaired) electrons. The molecule has 1 atom stereocenters. The van der Waals surface area contributed by atoms with Crippen molar-refractivity contribution in [1.82, 2.24) is 4.57 Å². The molecule has 1 unspecified atom stereocenters. The number of hydrogen-bond donors (Lipinski definition) is 0. The van der Waals surface area contributed by atoms with Gasteiger partial charge in [-0.1, -0.05) is 11.6 Å². The van der Waals surface area contributed by atoms with Gasteiger partial charge in [-0.25, -0.2) is 4.79 Å². The molecule has 0 fully saturated rings. The van der Waals surface area contributed by atoms with Gasteiger partial charge in [-0.3, -0.25) is 4.79 Å². The normalized spacial score (nSPS) is 16.6. The van der Waals surface area contributed by atoms with Gasteiger partial charge in [-0.15, -0.1) is 0 Å². The molecular formula is C15H14ClNO4. The third kappa shape index (κ3) is 2.17. The molecule has 0 saturated heterocycles. The summed E-state index contributed by atoms with van der Waals surface area (Å²) in [6.45, 7) is 4.33. The van der Waals surface area contributed by atoms with E-state index in [2.05, 4.69) is 0 Å². The first-order chi connectivity index (χ1) is 10.0. The lowest BCUT2D eigenvalue weighted by atomic mass is 10.1. The summed E-state index contributed by atoms with van der Waals surface area (Å²) in [5, 5.41) is 0.770. The number of hydrogen-bond acceptors (Lipinski definition) is 4. The van der Waals surface area contributed by atoms with E-state index in [1.807, 2.05) is 11.5 Å². The maximum Gasteiger partial charge on any atom is 0.343 e. The molecule has 1 aliphatic rings. The number of halogens is 1. The van der Waals surface area contributed by atoms with Crippen LogP contribution in [-0.4, -0.2) is 23.8 Å². The Hall–Kier alpha value is -2.01. The van der Waals surface area contributed by atoms with E-state index in [9.17, 15) is 9.59 Å². The van der Waals surface area contributed by atoms with Crippen LogP contribution in [0.1, 0.15) is 30.2 Å². The zero-order valence-electron chi connectivity index (χ0n) is 11.7. The van der Waals surface area contributed by atoms with Crippen LogP contribution in [-0.2, 0) is 4.74 Å². The van der Waals surface area contributed by atoms with Gasteiger partial charge in [0.1, 0.15) is 17.9 Å². The smallest absolute Gasteiger partial charge is 0.343 e. The SMILES string of the molecule is CCOC(=O)c1cn2c3c(cc(Cl)cc3c1=O)OCC2C. The molecule has 0 amide bonds. The highest BCUT2D eigenvalue weighted by molar-refractivity contribution is 6.31. The van der Waals surface area contributed by atoms with E-state index in [0.29, 0.717) is 28.3 Å². The van der Waals surface area contributed by atoms with Crippen molar-refractivity contribution in [3.63, 3.8) is 0 Å². The Kier molecular flexibility index (Phi) is 3.37. The number of benzene rings is 1. The number of esters is 1. The van der Waals surface area contributed by atoms with E-state index in [0.717, 1.165) is 0 Å². The minimum atomic E-state index is -0.617. The molecule has 110 valence electrons. The van der Waals surface area contributed by atoms with Crippen LogP contribution in [0.2, 0.25) is 5.02 Å². The van der Waals surface area contributed by atoms with Gasteiger partial charge in [0.15, 0.2) is 0 Å². The lowest BCUT2D eigenvalue weighted by Crippen LogP contribution is -2.27. The van der Waals surface area contributed by atoms with E-state index in [1.165, 1.54) is 0 Å². The van der Waals surface area contributed by atoms with Crippen molar-refractivity contribution in [3.05, 3.63) is 39.1 Å². The highest BCUT2D eigenvalue weighted by atomic mass is 35.5. The number of aromatic nitrogens is 1. The van der Waals surface area contributed by atoms with Gasteiger partial charge in [0.05, 0.1) is 23.6 Å². The second kappa shape index (κ2) is 5.07. The largest absolute Gasteiger partial charge is 0.489 e. The molecule has 6 heteroatoms. The lowest BCUT2D eigenvalue weighted by Gasteiger charge is -2.27. The van der Waals surface area contributed by atoms with Crippen LogP contribution in [0.25, 0.3) is 10.9 Å². The van der Waals surface area contributed by atoms with E-state index < -0.39 is 5.97 Å². The second-order valence-electron chi connectivity index (χ2n) is 4.96. The van der Waals surface area contributed by atoms with E-state index in [4.69, 9.17) is 21.1 Å². The first kappa shape index (κ1) is 13.9. The van der Waals surface area contributed by atoms with Crippen molar-refractivity contribution in [1.29, 1.82) is 0 Å². The lowest BCUT2D eigenvalue weighted by molar-refractivity contribution is 0.0523.